The third-order valence-corrected chi connectivity index (χ3v) is 5.42. The van der Waals surface area contributed by atoms with Crippen LogP contribution in [0.2, 0.25) is 0 Å². The Morgan fingerprint density at radius 3 is 2.78 bits per heavy atom. The number of hydrogen-bond donors (Lipinski definition) is 1. The van der Waals surface area contributed by atoms with Crippen molar-refractivity contribution >= 4 is 27.7 Å². The molecule has 1 aliphatic heterocycles. The van der Waals surface area contributed by atoms with Crippen molar-refractivity contribution in [2.45, 2.75) is 32.3 Å². The minimum atomic E-state index is -0.798. The van der Waals surface area contributed by atoms with E-state index in [2.05, 4.69) is 29.8 Å². The lowest BCUT2D eigenvalue weighted by Crippen LogP contribution is -2.44. The molecule has 1 aliphatic rings. The van der Waals surface area contributed by atoms with Gasteiger partial charge in [0.2, 0.25) is 0 Å². The minimum Gasteiger partial charge on any atom is -0.389 e. The van der Waals surface area contributed by atoms with Crippen molar-refractivity contribution in [2.75, 3.05) is 11.5 Å². The molecule has 1 unspecified atom stereocenters. The zero-order chi connectivity index (χ0) is 13.4. The molecule has 4 heteroatoms. The third kappa shape index (κ3) is 3.49. The van der Waals surface area contributed by atoms with Gasteiger partial charge >= 0.3 is 0 Å². The molecule has 1 aromatic carbocycles. The fourth-order valence-electron chi connectivity index (χ4n) is 2.66. The van der Waals surface area contributed by atoms with Crippen LogP contribution in [0, 0.1) is 11.2 Å². The van der Waals surface area contributed by atoms with Gasteiger partial charge in [0.15, 0.2) is 0 Å². The summed E-state index contributed by atoms with van der Waals surface area (Å²) in [4.78, 5) is 0. The van der Waals surface area contributed by atoms with Crippen molar-refractivity contribution in [3.05, 3.63) is 34.1 Å². The summed E-state index contributed by atoms with van der Waals surface area (Å²) in [6, 6.07) is 4.89. The lowest BCUT2D eigenvalue weighted by atomic mass is 9.79. The Labute approximate surface area is 120 Å². The predicted molar refractivity (Wildman–Crippen MR) is 78.5 cm³/mol. The molecular formula is C14H18BrFOS. The number of thioether (sulfide) groups is 1. The molecule has 0 aromatic heterocycles. The quantitative estimate of drug-likeness (QED) is 0.882. The highest BCUT2D eigenvalue weighted by molar-refractivity contribution is 9.10. The van der Waals surface area contributed by atoms with Crippen LogP contribution in [0.15, 0.2) is 22.7 Å². The van der Waals surface area contributed by atoms with E-state index in [1.54, 1.807) is 23.9 Å². The van der Waals surface area contributed by atoms with Gasteiger partial charge in [0.05, 0.1) is 5.60 Å². The Balaban J connectivity index is 2.19. The maximum absolute atomic E-state index is 13.7. The van der Waals surface area contributed by atoms with E-state index >= 15 is 0 Å². The fourth-order valence-corrected chi connectivity index (χ4v) is 4.41. The zero-order valence-electron chi connectivity index (χ0n) is 10.7. The summed E-state index contributed by atoms with van der Waals surface area (Å²) in [7, 11) is 0. The highest BCUT2D eigenvalue weighted by Gasteiger charge is 2.39. The molecule has 1 aromatic rings. The summed E-state index contributed by atoms with van der Waals surface area (Å²) < 4.78 is 14.6. The summed E-state index contributed by atoms with van der Waals surface area (Å²) in [6.07, 6.45) is 1.10. The van der Waals surface area contributed by atoms with Crippen LogP contribution in [0.4, 0.5) is 4.39 Å². The molecule has 0 spiro atoms. The van der Waals surface area contributed by atoms with Crippen LogP contribution >= 0.6 is 27.7 Å². The maximum Gasteiger partial charge on any atom is 0.126 e. The van der Waals surface area contributed by atoms with Gasteiger partial charge in [-0.2, -0.15) is 11.8 Å². The second-order valence-corrected chi connectivity index (χ2v) is 7.87. The lowest BCUT2D eigenvalue weighted by molar-refractivity contribution is 0.0193. The summed E-state index contributed by atoms with van der Waals surface area (Å²) in [5.41, 5.74) is -0.0982. The summed E-state index contributed by atoms with van der Waals surface area (Å²) in [5.74, 6) is 1.50. The zero-order valence-corrected chi connectivity index (χ0v) is 13.1. The molecular weight excluding hydrogens is 315 g/mol. The highest BCUT2D eigenvalue weighted by Crippen LogP contribution is 2.41. The maximum atomic E-state index is 13.7. The molecule has 100 valence electrons. The van der Waals surface area contributed by atoms with Gasteiger partial charge < -0.3 is 5.11 Å². The summed E-state index contributed by atoms with van der Waals surface area (Å²) in [5, 5.41) is 10.7. The van der Waals surface area contributed by atoms with Gasteiger partial charge in [-0.25, -0.2) is 4.39 Å². The van der Waals surface area contributed by atoms with Gasteiger partial charge in [-0.3, -0.25) is 0 Å². The van der Waals surface area contributed by atoms with Crippen molar-refractivity contribution in [3.63, 3.8) is 0 Å². The van der Waals surface area contributed by atoms with Crippen LogP contribution in [-0.4, -0.2) is 22.2 Å². The van der Waals surface area contributed by atoms with Crippen LogP contribution in [0.5, 0.6) is 0 Å². The average molecular weight is 333 g/mol. The predicted octanol–water partition coefficient (Wildman–Crippen LogP) is 4.02. The summed E-state index contributed by atoms with van der Waals surface area (Å²) in [6.45, 7) is 4.31. The first-order valence-electron chi connectivity index (χ1n) is 6.04. The van der Waals surface area contributed by atoms with Gasteiger partial charge in [-0.1, -0.05) is 29.8 Å². The number of rotatable bonds is 2. The highest BCUT2D eigenvalue weighted by atomic mass is 79.9. The molecule has 0 amide bonds. The van der Waals surface area contributed by atoms with Crippen LogP contribution in [0.3, 0.4) is 0 Å². The molecule has 1 heterocycles. The van der Waals surface area contributed by atoms with Crippen LogP contribution in [0.1, 0.15) is 25.8 Å². The molecule has 1 atom stereocenters. The molecule has 1 saturated heterocycles. The first-order chi connectivity index (χ1) is 8.30. The van der Waals surface area contributed by atoms with Crippen molar-refractivity contribution < 1.29 is 9.50 Å². The normalized spacial score (nSPS) is 27.2. The largest absolute Gasteiger partial charge is 0.389 e. The van der Waals surface area contributed by atoms with Gasteiger partial charge in [0, 0.05) is 16.6 Å². The Hall–Kier alpha value is -0.0600. The summed E-state index contributed by atoms with van der Waals surface area (Å²) >= 11 is 5.10. The second kappa shape index (κ2) is 5.14. The fraction of sp³-hybridized carbons (Fsp3) is 0.571. The van der Waals surface area contributed by atoms with Crippen LogP contribution in [0.25, 0.3) is 0 Å². The topological polar surface area (TPSA) is 20.2 Å². The van der Waals surface area contributed by atoms with Gasteiger partial charge in [-0.15, -0.1) is 0 Å². The van der Waals surface area contributed by atoms with Crippen molar-refractivity contribution in [3.8, 4) is 0 Å². The molecule has 1 nitrogen and oxygen atoms in total. The van der Waals surface area contributed by atoms with E-state index in [4.69, 9.17) is 0 Å². The monoisotopic (exact) mass is 332 g/mol. The second-order valence-electron chi connectivity index (χ2n) is 5.97. The van der Waals surface area contributed by atoms with Gasteiger partial charge in [-0.05, 0) is 41.4 Å². The van der Waals surface area contributed by atoms with E-state index in [0.29, 0.717) is 17.7 Å². The van der Waals surface area contributed by atoms with Crippen LogP contribution < -0.4 is 0 Å². The smallest absolute Gasteiger partial charge is 0.126 e. The molecule has 0 saturated carbocycles. The van der Waals surface area contributed by atoms with E-state index in [-0.39, 0.29) is 11.2 Å². The van der Waals surface area contributed by atoms with E-state index in [0.717, 1.165) is 16.6 Å². The number of benzene rings is 1. The van der Waals surface area contributed by atoms with E-state index < -0.39 is 5.60 Å². The van der Waals surface area contributed by atoms with E-state index in [9.17, 15) is 9.50 Å². The average Bonchev–Trinajstić information content (AvgIpc) is 2.21. The van der Waals surface area contributed by atoms with E-state index in [1.165, 1.54) is 6.07 Å². The van der Waals surface area contributed by atoms with Crippen molar-refractivity contribution in [1.82, 2.24) is 0 Å². The molecule has 0 radical (unpaired) electrons. The molecule has 1 N–H and O–H groups in total. The molecule has 0 aliphatic carbocycles. The molecule has 18 heavy (non-hydrogen) atoms. The Morgan fingerprint density at radius 1 is 1.39 bits per heavy atom. The number of halogens is 2. The lowest BCUT2D eigenvalue weighted by Gasteiger charge is -2.41. The van der Waals surface area contributed by atoms with Crippen molar-refractivity contribution in [1.29, 1.82) is 0 Å². The molecule has 2 rings (SSSR count). The Morgan fingerprint density at radius 2 is 2.11 bits per heavy atom. The SMILES string of the molecule is CC1(C)CSCC(O)(Cc2cc(Br)ccc2F)C1. The van der Waals surface area contributed by atoms with Crippen LogP contribution in [-0.2, 0) is 6.42 Å². The van der Waals surface area contributed by atoms with Gasteiger partial charge in [0.25, 0.3) is 0 Å². The third-order valence-electron chi connectivity index (χ3n) is 3.20. The van der Waals surface area contributed by atoms with E-state index in [1.807, 2.05) is 0 Å². The van der Waals surface area contributed by atoms with Crippen molar-refractivity contribution in [2.24, 2.45) is 5.41 Å². The first-order valence-corrected chi connectivity index (χ1v) is 7.99. The molecule has 0 bridgehead atoms. The first kappa shape index (κ1) is 14.4. The molecule has 1 fully saturated rings. The number of hydrogen-bond acceptors (Lipinski definition) is 2. The minimum absolute atomic E-state index is 0.111. The standard InChI is InChI=1S/C14H18BrFOS/c1-13(2)7-14(17,9-18-8-13)6-10-5-11(15)3-4-12(10)16/h3-5,17H,6-9H2,1-2H3. The Bertz CT molecular complexity index is 449. The van der Waals surface area contributed by atoms with Gasteiger partial charge in [0.1, 0.15) is 5.82 Å². The Kier molecular flexibility index (Phi) is 4.10. The number of aliphatic hydroxyl groups is 1.